The van der Waals surface area contributed by atoms with Crippen molar-refractivity contribution >= 4 is 28.9 Å². The first kappa shape index (κ1) is 11.3. The van der Waals surface area contributed by atoms with Gasteiger partial charge in [-0.1, -0.05) is 23.7 Å². The van der Waals surface area contributed by atoms with Crippen molar-refractivity contribution in [1.82, 2.24) is 4.90 Å². The molecule has 0 spiro atoms. The van der Waals surface area contributed by atoms with E-state index in [1.54, 1.807) is 0 Å². The molecule has 76 valence electrons. The van der Waals surface area contributed by atoms with Crippen LogP contribution in [0, 0.1) is 0 Å². The first-order valence-corrected chi connectivity index (χ1v) is 5.08. The van der Waals surface area contributed by atoms with Crippen molar-refractivity contribution in [2.45, 2.75) is 13.0 Å². The van der Waals surface area contributed by atoms with Gasteiger partial charge in [-0.15, -0.1) is 0 Å². The fourth-order valence-electron chi connectivity index (χ4n) is 1.16. The fourth-order valence-corrected chi connectivity index (χ4v) is 1.44. The van der Waals surface area contributed by atoms with Crippen LogP contribution < -0.4 is 5.73 Å². The quantitative estimate of drug-likeness (QED) is 0.789. The number of nitrogens with zero attached hydrogens (tertiary/aromatic N) is 1. The van der Waals surface area contributed by atoms with Gasteiger partial charge in [0.05, 0.1) is 6.04 Å². The fraction of sp³-hybridized carbons (Fsp3) is 0.300. The highest BCUT2D eigenvalue weighted by molar-refractivity contribution is 7.80. The van der Waals surface area contributed by atoms with Gasteiger partial charge < -0.3 is 10.6 Å². The second-order valence-corrected chi connectivity index (χ2v) is 4.03. The van der Waals surface area contributed by atoms with Crippen LogP contribution in [0.4, 0.5) is 0 Å². The second-order valence-electron chi connectivity index (χ2n) is 3.18. The predicted octanol–water partition coefficient (Wildman–Crippen LogP) is 2.58. The lowest BCUT2D eigenvalue weighted by Gasteiger charge is -2.25. The summed E-state index contributed by atoms with van der Waals surface area (Å²) in [6, 6.07) is 7.84. The van der Waals surface area contributed by atoms with Crippen molar-refractivity contribution in [3.05, 3.63) is 34.9 Å². The molecule has 0 aliphatic carbocycles. The zero-order valence-electron chi connectivity index (χ0n) is 8.20. The first-order chi connectivity index (χ1) is 6.52. The summed E-state index contributed by atoms with van der Waals surface area (Å²) < 4.78 is 0. The van der Waals surface area contributed by atoms with Gasteiger partial charge in [-0.05, 0) is 36.8 Å². The molecule has 1 rings (SSSR count). The standard InChI is InChI=1S/C10H13ClN2S/c1-7(13(2)10(12)14)8-3-5-9(11)6-4-8/h3-7H,1-2H3,(H2,12,14). The molecule has 0 bridgehead atoms. The third-order valence-corrected chi connectivity index (χ3v) is 2.82. The van der Waals surface area contributed by atoms with E-state index in [4.69, 9.17) is 29.6 Å². The van der Waals surface area contributed by atoms with Crippen LogP contribution in [-0.2, 0) is 0 Å². The molecule has 0 aliphatic heterocycles. The number of nitrogens with two attached hydrogens (primary N) is 1. The van der Waals surface area contributed by atoms with Crippen LogP contribution in [0.1, 0.15) is 18.5 Å². The van der Waals surface area contributed by atoms with Crippen molar-refractivity contribution in [2.24, 2.45) is 5.73 Å². The summed E-state index contributed by atoms with van der Waals surface area (Å²) in [5.41, 5.74) is 6.68. The number of rotatable bonds is 2. The summed E-state index contributed by atoms with van der Waals surface area (Å²) >= 11 is 10.7. The molecular formula is C10H13ClN2S. The Kier molecular flexibility index (Phi) is 3.72. The Bertz CT molecular complexity index is 323. The molecule has 0 amide bonds. The average Bonchev–Trinajstić information content (AvgIpc) is 2.16. The normalized spacial score (nSPS) is 12.2. The van der Waals surface area contributed by atoms with Crippen LogP contribution in [0.25, 0.3) is 0 Å². The second kappa shape index (κ2) is 4.62. The molecule has 2 N–H and O–H groups in total. The number of thiocarbonyl (C=S) groups is 1. The molecule has 0 fully saturated rings. The zero-order chi connectivity index (χ0) is 10.7. The van der Waals surface area contributed by atoms with Gasteiger partial charge in [0, 0.05) is 12.1 Å². The summed E-state index contributed by atoms with van der Waals surface area (Å²) in [6.45, 7) is 2.04. The molecule has 0 saturated heterocycles. The third kappa shape index (κ3) is 2.59. The number of benzene rings is 1. The van der Waals surface area contributed by atoms with Crippen LogP contribution in [0.2, 0.25) is 5.02 Å². The van der Waals surface area contributed by atoms with Crippen molar-refractivity contribution in [2.75, 3.05) is 7.05 Å². The molecule has 4 heteroatoms. The third-order valence-electron chi connectivity index (χ3n) is 2.28. The smallest absolute Gasteiger partial charge is 0.166 e. The van der Waals surface area contributed by atoms with E-state index < -0.39 is 0 Å². The minimum absolute atomic E-state index is 0.171. The molecular weight excluding hydrogens is 216 g/mol. The topological polar surface area (TPSA) is 29.3 Å². The molecule has 1 aromatic rings. The summed E-state index contributed by atoms with van der Waals surface area (Å²) in [5.74, 6) is 0. The summed E-state index contributed by atoms with van der Waals surface area (Å²) in [6.07, 6.45) is 0. The highest BCUT2D eigenvalue weighted by Gasteiger charge is 2.11. The van der Waals surface area contributed by atoms with Gasteiger partial charge in [-0.3, -0.25) is 0 Å². The predicted molar refractivity (Wildman–Crippen MR) is 64.4 cm³/mol. The monoisotopic (exact) mass is 228 g/mol. The number of hydrogen-bond acceptors (Lipinski definition) is 1. The Hall–Kier alpha value is -0.800. The van der Waals surface area contributed by atoms with Crippen molar-refractivity contribution in [3.63, 3.8) is 0 Å². The van der Waals surface area contributed by atoms with Crippen LogP contribution in [0.5, 0.6) is 0 Å². The van der Waals surface area contributed by atoms with Crippen molar-refractivity contribution in [3.8, 4) is 0 Å². The van der Waals surface area contributed by atoms with E-state index in [9.17, 15) is 0 Å². The average molecular weight is 229 g/mol. The van der Waals surface area contributed by atoms with Gasteiger partial charge in [0.2, 0.25) is 0 Å². The van der Waals surface area contributed by atoms with Crippen LogP contribution in [-0.4, -0.2) is 17.1 Å². The molecule has 0 heterocycles. The zero-order valence-corrected chi connectivity index (χ0v) is 9.77. The molecule has 1 unspecified atom stereocenters. The maximum Gasteiger partial charge on any atom is 0.166 e. The molecule has 14 heavy (non-hydrogen) atoms. The van der Waals surface area contributed by atoms with Gasteiger partial charge >= 0.3 is 0 Å². The Morgan fingerprint density at radius 2 is 1.93 bits per heavy atom. The van der Waals surface area contributed by atoms with Gasteiger partial charge in [0.25, 0.3) is 0 Å². The van der Waals surface area contributed by atoms with E-state index in [1.807, 2.05) is 43.1 Å². The highest BCUT2D eigenvalue weighted by atomic mass is 35.5. The minimum atomic E-state index is 0.171. The maximum atomic E-state index is 5.79. The van der Waals surface area contributed by atoms with Gasteiger partial charge in [-0.2, -0.15) is 0 Å². The number of hydrogen-bond donors (Lipinski definition) is 1. The summed E-state index contributed by atoms with van der Waals surface area (Å²) in [4.78, 5) is 1.85. The van der Waals surface area contributed by atoms with E-state index in [-0.39, 0.29) is 6.04 Å². The van der Waals surface area contributed by atoms with E-state index in [2.05, 4.69) is 0 Å². The van der Waals surface area contributed by atoms with Crippen LogP contribution in [0.3, 0.4) is 0 Å². The Labute approximate surface area is 94.7 Å². The lowest BCUT2D eigenvalue weighted by atomic mass is 10.1. The molecule has 0 aromatic heterocycles. The lowest BCUT2D eigenvalue weighted by Crippen LogP contribution is -2.33. The molecule has 2 nitrogen and oxygen atoms in total. The van der Waals surface area contributed by atoms with E-state index in [0.717, 1.165) is 10.6 Å². The van der Waals surface area contributed by atoms with Gasteiger partial charge in [0.15, 0.2) is 5.11 Å². The van der Waals surface area contributed by atoms with Crippen LogP contribution >= 0.6 is 23.8 Å². The summed E-state index contributed by atoms with van der Waals surface area (Å²) in [5, 5.41) is 1.13. The molecule has 0 saturated carbocycles. The van der Waals surface area contributed by atoms with Gasteiger partial charge in [-0.25, -0.2) is 0 Å². The Balaban J connectivity index is 2.84. The van der Waals surface area contributed by atoms with Gasteiger partial charge in [0.1, 0.15) is 0 Å². The molecule has 1 atom stereocenters. The van der Waals surface area contributed by atoms with Crippen LogP contribution in [0.15, 0.2) is 24.3 Å². The van der Waals surface area contributed by atoms with E-state index in [1.165, 1.54) is 0 Å². The lowest BCUT2D eigenvalue weighted by molar-refractivity contribution is 0.405. The van der Waals surface area contributed by atoms with Crippen molar-refractivity contribution in [1.29, 1.82) is 0 Å². The SMILES string of the molecule is CC(c1ccc(Cl)cc1)N(C)C(N)=S. The van der Waals surface area contributed by atoms with E-state index in [0.29, 0.717) is 5.11 Å². The maximum absolute atomic E-state index is 5.79. The largest absolute Gasteiger partial charge is 0.376 e. The molecule has 1 aromatic carbocycles. The summed E-state index contributed by atoms with van der Waals surface area (Å²) in [7, 11) is 1.88. The van der Waals surface area contributed by atoms with Crippen molar-refractivity contribution < 1.29 is 0 Å². The molecule has 0 radical (unpaired) electrons. The first-order valence-electron chi connectivity index (χ1n) is 4.30. The minimum Gasteiger partial charge on any atom is -0.376 e. The molecule has 0 aliphatic rings. The highest BCUT2D eigenvalue weighted by Crippen LogP contribution is 2.20. The Morgan fingerprint density at radius 3 is 2.36 bits per heavy atom. The number of halogens is 1. The van der Waals surface area contributed by atoms with E-state index >= 15 is 0 Å². The Morgan fingerprint density at radius 1 is 1.43 bits per heavy atom.